The van der Waals surface area contributed by atoms with Gasteiger partial charge in [0.25, 0.3) is 0 Å². The van der Waals surface area contributed by atoms with E-state index in [0.717, 1.165) is 32.5 Å². The van der Waals surface area contributed by atoms with E-state index in [1.807, 2.05) is 24.8 Å². The van der Waals surface area contributed by atoms with Crippen LogP contribution in [0.2, 0.25) is 0 Å². The second kappa shape index (κ2) is 10.7. The van der Waals surface area contributed by atoms with E-state index < -0.39 is 0 Å². The number of nitrogens with one attached hydrogen (secondary N) is 1. The third kappa shape index (κ3) is 7.46. The summed E-state index contributed by atoms with van der Waals surface area (Å²) >= 11 is 0. The van der Waals surface area contributed by atoms with Crippen molar-refractivity contribution < 1.29 is 4.79 Å². The summed E-state index contributed by atoms with van der Waals surface area (Å²) in [7, 11) is 0. The number of nitrogens with zero attached hydrogens (tertiary/aromatic N) is 1. The number of rotatable bonds is 10. The monoisotopic (exact) mass is 226 g/mol. The molecule has 0 aliphatic heterocycles. The van der Waals surface area contributed by atoms with Crippen LogP contribution in [-0.2, 0) is 4.79 Å². The molecule has 0 saturated heterocycles. The lowest BCUT2D eigenvalue weighted by atomic mass is 10.2. The molecule has 0 atom stereocenters. The molecule has 0 aliphatic rings. The van der Waals surface area contributed by atoms with E-state index in [9.17, 15) is 4.79 Å². The van der Waals surface area contributed by atoms with Crippen LogP contribution in [0, 0.1) is 0 Å². The lowest BCUT2D eigenvalue weighted by Crippen LogP contribution is -2.38. The fourth-order valence-electron chi connectivity index (χ4n) is 1.60. The van der Waals surface area contributed by atoms with Gasteiger partial charge in [-0.25, -0.2) is 0 Å². The molecule has 1 amide bonds. The van der Waals surface area contributed by atoms with Crippen molar-refractivity contribution in [1.82, 2.24) is 10.2 Å². The summed E-state index contributed by atoms with van der Waals surface area (Å²) in [5.74, 6) is 0.205. The zero-order valence-electron chi connectivity index (χ0n) is 10.8. The van der Waals surface area contributed by atoms with Gasteiger partial charge in [0.1, 0.15) is 0 Å². The van der Waals surface area contributed by atoms with E-state index in [1.165, 1.54) is 12.8 Å². The zero-order valence-corrected chi connectivity index (χ0v) is 10.8. The maximum absolute atomic E-state index is 11.6. The highest BCUT2D eigenvalue weighted by atomic mass is 16.2. The number of carbonyl (C=O) groups is 1. The van der Waals surface area contributed by atoms with Gasteiger partial charge in [-0.1, -0.05) is 12.5 Å². The third-order valence-corrected chi connectivity index (χ3v) is 2.65. The van der Waals surface area contributed by atoms with Gasteiger partial charge in [0, 0.05) is 13.1 Å². The minimum absolute atomic E-state index is 0.205. The Morgan fingerprint density at radius 3 is 2.50 bits per heavy atom. The normalized spacial score (nSPS) is 10.1. The first kappa shape index (κ1) is 15.2. The first-order chi connectivity index (χ1) is 7.76. The summed E-state index contributed by atoms with van der Waals surface area (Å²) in [5, 5.41) is 3.19. The van der Waals surface area contributed by atoms with Crippen LogP contribution in [0.4, 0.5) is 0 Å². The summed E-state index contributed by atoms with van der Waals surface area (Å²) in [4.78, 5) is 13.4. The number of likely N-dealkylation sites (N-methyl/N-ethyl adjacent to an activating group) is 1. The van der Waals surface area contributed by atoms with Crippen molar-refractivity contribution in [2.24, 2.45) is 0 Å². The molecular weight excluding hydrogens is 200 g/mol. The molecular formula is C13H26N2O. The summed E-state index contributed by atoms with van der Waals surface area (Å²) < 4.78 is 0. The first-order valence-electron chi connectivity index (χ1n) is 6.35. The average Bonchev–Trinajstić information content (AvgIpc) is 2.29. The second-order valence-electron chi connectivity index (χ2n) is 3.88. The Labute approximate surface area is 99.9 Å². The van der Waals surface area contributed by atoms with Crippen LogP contribution in [0.1, 0.15) is 39.5 Å². The number of allylic oxidation sites excluding steroid dienone is 1. The topological polar surface area (TPSA) is 32.3 Å². The van der Waals surface area contributed by atoms with Crippen molar-refractivity contribution in [3.05, 3.63) is 12.7 Å². The van der Waals surface area contributed by atoms with Crippen LogP contribution >= 0.6 is 0 Å². The lowest BCUT2D eigenvalue weighted by Gasteiger charge is -2.18. The lowest BCUT2D eigenvalue weighted by molar-refractivity contribution is -0.129. The molecule has 0 aromatic rings. The average molecular weight is 226 g/mol. The number of hydrogen-bond donors (Lipinski definition) is 1. The van der Waals surface area contributed by atoms with Crippen LogP contribution in [-0.4, -0.2) is 37.0 Å². The van der Waals surface area contributed by atoms with E-state index in [0.29, 0.717) is 6.54 Å². The highest BCUT2D eigenvalue weighted by Crippen LogP contribution is 1.98. The van der Waals surface area contributed by atoms with Gasteiger partial charge in [0.2, 0.25) is 5.91 Å². The first-order valence-corrected chi connectivity index (χ1v) is 6.35. The Morgan fingerprint density at radius 2 is 1.94 bits per heavy atom. The van der Waals surface area contributed by atoms with Gasteiger partial charge in [-0.3, -0.25) is 4.79 Å². The van der Waals surface area contributed by atoms with Crippen LogP contribution in [0.3, 0.4) is 0 Å². The Hall–Kier alpha value is -0.830. The Balaban J connectivity index is 3.37. The second-order valence-corrected chi connectivity index (χ2v) is 3.88. The van der Waals surface area contributed by atoms with E-state index in [-0.39, 0.29) is 5.91 Å². The maximum atomic E-state index is 11.6. The molecule has 0 fully saturated rings. The SMILES string of the molecule is C=CCCCCCNCC(=O)N(CC)CC. The smallest absolute Gasteiger partial charge is 0.236 e. The fraction of sp³-hybridized carbons (Fsp3) is 0.769. The molecule has 0 radical (unpaired) electrons. The number of unbranched alkanes of at least 4 members (excludes halogenated alkanes) is 3. The molecule has 0 bridgehead atoms. The van der Waals surface area contributed by atoms with Crippen LogP contribution in [0.5, 0.6) is 0 Å². The van der Waals surface area contributed by atoms with Gasteiger partial charge in [0.15, 0.2) is 0 Å². The fourth-order valence-corrected chi connectivity index (χ4v) is 1.60. The highest BCUT2D eigenvalue weighted by molar-refractivity contribution is 5.78. The maximum Gasteiger partial charge on any atom is 0.236 e. The molecule has 0 saturated carbocycles. The number of amides is 1. The Bertz CT molecular complexity index is 188. The molecule has 1 N–H and O–H groups in total. The predicted octanol–water partition coefficient (Wildman–Crippen LogP) is 2.19. The number of carbonyl (C=O) groups excluding carboxylic acids is 1. The molecule has 3 nitrogen and oxygen atoms in total. The molecule has 3 heteroatoms. The van der Waals surface area contributed by atoms with Gasteiger partial charge in [-0.15, -0.1) is 6.58 Å². The summed E-state index contributed by atoms with van der Waals surface area (Å²) in [6.45, 7) is 10.7. The summed E-state index contributed by atoms with van der Waals surface area (Å²) in [5.41, 5.74) is 0. The van der Waals surface area contributed by atoms with Gasteiger partial charge < -0.3 is 10.2 Å². The van der Waals surface area contributed by atoms with E-state index >= 15 is 0 Å². The zero-order chi connectivity index (χ0) is 12.2. The van der Waals surface area contributed by atoms with E-state index in [1.54, 1.807) is 0 Å². The Kier molecular flexibility index (Phi) is 10.1. The standard InChI is InChI=1S/C13H26N2O/c1-4-7-8-9-10-11-14-12-13(16)15(5-2)6-3/h4,14H,1,5-12H2,2-3H3. The molecule has 0 aromatic carbocycles. The van der Waals surface area contributed by atoms with Gasteiger partial charge >= 0.3 is 0 Å². The van der Waals surface area contributed by atoms with E-state index in [4.69, 9.17) is 0 Å². The van der Waals surface area contributed by atoms with Gasteiger partial charge in [0.05, 0.1) is 6.54 Å². The molecule has 0 aliphatic carbocycles. The van der Waals surface area contributed by atoms with E-state index in [2.05, 4.69) is 11.9 Å². The number of hydrogen-bond acceptors (Lipinski definition) is 2. The minimum atomic E-state index is 0.205. The largest absolute Gasteiger partial charge is 0.342 e. The molecule has 0 aromatic heterocycles. The van der Waals surface area contributed by atoms with Crippen molar-refractivity contribution in [2.75, 3.05) is 26.2 Å². The quantitative estimate of drug-likeness (QED) is 0.457. The van der Waals surface area contributed by atoms with Crippen molar-refractivity contribution in [3.63, 3.8) is 0 Å². The van der Waals surface area contributed by atoms with Gasteiger partial charge in [-0.2, -0.15) is 0 Å². The van der Waals surface area contributed by atoms with Crippen molar-refractivity contribution >= 4 is 5.91 Å². The van der Waals surface area contributed by atoms with Crippen LogP contribution in [0.25, 0.3) is 0 Å². The van der Waals surface area contributed by atoms with Crippen molar-refractivity contribution in [2.45, 2.75) is 39.5 Å². The molecule has 94 valence electrons. The predicted molar refractivity (Wildman–Crippen MR) is 69.5 cm³/mol. The summed E-state index contributed by atoms with van der Waals surface area (Å²) in [6.07, 6.45) is 6.60. The molecule has 0 unspecified atom stereocenters. The molecule has 0 rings (SSSR count). The van der Waals surface area contributed by atoms with Crippen molar-refractivity contribution in [1.29, 1.82) is 0 Å². The third-order valence-electron chi connectivity index (χ3n) is 2.65. The minimum Gasteiger partial charge on any atom is -0.342 e. The Morgan fingerprint density at radius 1 is 1.25 bits per heavy atom. The molecule has 16 heavy (non-hydrogen) atoms. The molecule has 0 spiro atoms. The van der Waals surface area contributed by atoms with Crippen molar-refractivity contribution in [3.8, 4) is 0 Å². The molecule has 0 heterocycles. The van der Waals surface area contributed by atoms with Crippen LogP contribution in [0.15, 0.2) is 12.7 Å². The van der Waals surface area contributed by atoms with Gasteiger partial charge in [-0.05, 0) is 39.7 Å². The van der Waals surface area contributed by atoms with Crippen LogP contribution < -0.4 is 5.32 Å². The summed E-state index contributed by atoms with van der Waals surface area (Å²) in [6, 6.07) is 0. The highest BCUT2D eigenvalue weighted by Gasteiger charge is 2.07.